The second-order valence-electron chi connectivity index (χ2n) is 7.97. The first-order valence-corrected chi connectivity index (χ1v) is 12.1. The van der Waals surface area contributed by atoms with Gasteiger partial charge >= 0.3 is 0 Å². The Morgan fingerprint density at radius 1 is 0.914 bits per heavy atom. The molecule has 1 saturated heterocycles. The number of thioether (sulfide) groups is 1. The number of carbonyl (C=O) groups excluding carboxylic acids is 2. The number of carbonyl (C=O) groups is 2. The van der Waals surface area contributed by atoms with Gasteiger partial charge in [-0.05, 0) is 57.9 Å². The van der Waals surface area contributed by atoms with Crippen molar-refractivity contribution in [2.75, 3.05) is 0 Å². The van der Waals surface area contributed by atoms with Gasteiger partial charge in [0.25, 0.3) is 11.1 Å². The molecule has 4 aromatic carbocycles. The molecule has 0 aliphatic carbocycles. The summed E-state index contributed by atoms with van der Waals surface area (Å²) in [5.74, 6) is -0.300. The number of ether oxygens (including phenoxy) is 1. The van der Waals surface area contributed by atoms with Crippen LogP contribution >= 0.6 is 23.4 Å². The Labute approximate surface area is 211 Å². The van der Waals surface area contributed by atoms with Gasteiger partial charge in [-0.3, -0.25) is 14.5 Å². The third-order valence-electron chi connectivity index (χ3n) is 5.69. The van der Waals surface area contributed by atoms with Crippen molar-refractivity contribution in [1.29, 1.82) is 0 Å². The van der Waals surface area contributed by atoms with Crippen molar-refractivity contribution in [2.24, 2.45) is 0 Å². The SMILES string of the molecule is O=C1S/C(=C\c2ccccc2OCc2cccc3ccccc23)C(=O)N1Cc1ccc(F)cc1Cl. The number of halogens is 2. The highest BCUT2D eigenvalue weighted by Crippen LogP contribution is 2.36. The van der Waals surface area contributed by atoms with Gasteiger partial charge in [0.2, 0.25) is 0 Å². The molecule has 5 rings (SSSR count). The maximum absolute atomic E-state index is 13.3. The van der Waals surface area contributed by atoms with Crippen molar-refractivity contribution < 1.29 is 18.7 Å². The Hall–Kier alpha value is -3.61. The number of imide groups is 1. The molecule has 0 spiro atoms. The van der Waals surface area contributed by atoms with E-state index in [-0.39, 0.29) is 16.5 Å². The monoisotopic (exact) mass is 503 g/mol. The summed E-state index contributed by atoms with van der Waals surface area (Å²) in [6, 6.07) is 25.4. The summed E-state index contributed by atoms with van der Waals surface area (Å²) >= 11 is 6.94. The first-order valence-electron chi connectivity index (χ1n) is 10.9. The molecular weight excluding hydrogens is 485 g/mol. The topological polar surface area (TPSA) is 46.6 Å². The van der Waals surface area contributed by atoms with E-state index < -0.39 is 17.0 Å². The molecule has 0 bridgehead atoms. The number of fused-ring (bicyclic) bond motifs is 1. The van der Waals surface area contributed by atoms with E-state index in [9.17, 15) is 14.0 Å². The van der Waals surface area contributed by atoms with E-state index in [2.05, 4.69) is 18.2 Å². The van der Waals surface area contributed by atoms with E-state index >= 15 is 0 Å². The van der Waals surface area contributed by atoms with Gasteiger partial charge in [0.05, 0.1) is 11.4 Å². The van der Waals surface area contributed by atoms with Crippen molar-refractivity contribution in [1.82, 2.24) is 4.90 Å². The first kappa shape index (κ1) is 23.1. The molecule has 0 atom stereocenters. The molecule has 4 nitrogen and oxygen atoms in total. The zero-order valence-electron chi connectivity index (χ0n) is 18.4. The summed E-state index contributed by atoms with van der Waals surface area (Å²) in [7, 11) is 0. The van der Waals surface area contributed by atoms with Crippen LogP contribution in [0.5, 0.6) is 5.75 Å². The van der Waals surface area contributed by atoms with Crippen LogP contribution in [0.25, 0.3) is 16.8 Å². The number of rotatable bonds is 6. The molecule has 1 aliphatic heterocycles. The van der Waals surface area contributed by atoms with E-state index in [0.29, 0.717) is 23.5 Å². The van der Waals surface area contributed by atoms with Crippen LogP contribution in [0.1, 0.15) is 16.7 Å². The summed E-state index contributed by atoms with van der Waals surface area (Å²) in [5.41, 5.74) is 2.24. The van der Waals surface area contributed by atoms with Crippen molar-refractivity contribution >= 4 is 51.4 Å². The molecule has 0 aromatic heterocycles. The highest BCUT2D eigenvalue weighted by atomic mass is 35.5. The fourth-order valence-corrected chi connectivity index (χ4v) is 4.96. The molecule has 0 radical (unpaired) electrons. The Morgan fingerprint density at radius 3 is 2.54 bits per heavy atom. The molecule has 1 aliphatic rings. The molecule has 4 aromatic rings. The minimum atomic E-state index is -0.479. The Kier molecular flexibility index (Phi) is 6.57. The van der Waals surface area contributed by atoms with Crippen LogP contribution in [0.3, 0.4) is 0 Å². The largest absolute Gasteiger partial charge is 0.488 e. The van der Waals surface area contributed by atoms with Gasteiger partial charge in [0, 0.05) is 10.6 Å². The number of hydrogen-bond donors (Lipinski definition) is 0. The van der Waals surface area contributed by atoms with Gasteiger partial charge in [0.1, 0.15) is 18.2 Å². The average Bonchev–Trinajstić information content (AvgIpc) is 3.12. The van der Waals surface area contributed by atoms with Crippen molar-refractivity contribution in [2.45, 2.75) is 13.2 Å². The molecule has 0 unspecified atom stereocenters. The summed E-state index contributed by atoms with van der Waals surface area (Å²) in [5, 5.41) is 2.01. The minimum absolute atomic E-state index is 0.0274. The molecule has 174 valence electrons. The summed E-state index contributed by atoms with van der Waals surface area (Å²) in [6.07, 6.45) is 1.66. The van der Waals surface area contributed by atoms with Gasteiger partial charge in [-0.25, -0.2) is 4.39 Å². The fraction of sp³-hybridized carbons (Fsp3) is 0.0714. The average molecular weight is 504 g/mol. The number of para-hydroxylation sites is 1. The second kappa shape index (κ2) is 9.94. The molecule has 0 saturated carbocycles. The number of benzene rings is 4. The van der Waals surface area contributed by atoms with Crippen LogP contribution < -0.4 is 4.74 Å². The predicted octanol–water partition coefficient (Wildman–Crippen LogP) is 7.45. The van der Waals surface area contributed by atoms with Crippen LogP contribution in [0.2, 0.25) is 5.02 Å². The van der Waals surface area contributed by atoms with Crippen molar-refractivity contribution in [3.05, 3.63) is 117 Å². The lowest BCUT2D eigenvalue weighted by Gasteiger charge is -2.14. The quantitative estimate of drug-likeness (QED) is 0.256. The zero-order valence-corrected chi connectivity index (χ0v) is 20.0. The minimum Gasteiger partial charge on any atom is -0.488 e. The van der Waals surface area contributed by atoms with E-state index in [1.165, 1.54) is 12.1 Å². The molecule has 0 N–H and O–H groups in total. The first-order chi connectivity index (χ1) is 17.0. The van der Waals surface area contributed by atoms with Crippen LogP contribution in [-0.4, -0.2) is 16.0 Å². The standard InChI is InChI=1S/C28H19ClFNO3S/c29-24-15-22(30)13-12-20(24)16-31-27(32)26(35-28(31)33)14-19-7-2-4-11-25(19)34-17-21-9-5-8-18-6-1-3-10-23(18)21/h1-15H,16-17H2/b26-14-. The summed E-state index contributed by atoms with van der Waals surface area (Å²) in [6.45, 7) is 0.330. The van der Waals surface area contributed by atoms with E-state index in [1.807, 2.05) is 48.5 Å². The Morgan fingerprint density at radius 2 is 1.69 bits per heavy atom. The second-order valence-corrected chi connectivity index (χ2v) is 9.37. The predicted molar refractivity (Wildman–Crippen MR) is 138 cm³/mol. The maximum atomic E-state index is 13.3. The van der Waals surface area contributed by atoms with Gasteiger partial charge in [-0.1, -0.05) is 78.3 Å². The van der Waals surface area contributed by atoms with Gasteiger partial charge in [-0.2, -0.15) is 0 Å². The van der Waals surface area contributed by atoms with E-state index in [1.54, 1.807) is 6.08 Å². The fourth-order valence-electron chi connectivity index (χ4n) is 3.90. The zero-order chi connectivity index (χ0) is 24.4. The van der Waals surface area contributed by atoms with Gasteiger partial charge in [0.15, 0.2) is 0 Å². The summed E-state index contributed by atoms with van der Waals surface area (Å²) < 4.78 is 19.5. The number of nitrogens with zero attached hydrogens (tertiary/aromatic N) is 1. The smallest absolute Gasteiger partial charge is 0.293 e. The van der Waals surface area contributed by atoms with Crippen molar-refractivity contribution in [3.8, 4) is 5.75 Å². The highest BCUT2D eigenvalue weighted by molar-refractivity contribution is 8.18. The Bertz CT molecular complexity index is 1480. The normalized spacial score (nSPS) is 14.8. The molecular formula is C28H19ClFNO3S. The molecule has 35 heavy (non-hydrogen) atoms. The van der Waals surface area contributed by atoms with Crippen LogP contribution in [0.4, 0.5) is 9.18 Å². The van der Waals surface area contributed by atoms with Crippen molar-refractivity contribution in [3.63, 3.8) is 0 Å². The lowest BCUT2D eigenvalue weighted by molar-refractivity contribution is -0.123. The van der Waals surface area contributed by atoms with E-state index in [0.717, 1.165) is 39.1 Å². The molecule has 1 fully saturated rings. The summed E-state index contributed by atoms with van der Waals surface area (Å²) in [4.78, 5) is 27.0. The van der Waals surface area contributed by atoms with Crippen LogP contribution in [0, 0.1) is 5.82 Å². The van der Waals surface area contributed by atoms with E-state index in [4.69, 9.17) is 16.3 Å². The number of amides is 2. The third-order valence-corrected chi connectivity index (χ3v) is 6.95. The lowest BCUT2D eigenvalue weighted by Crippen LogP contribution is -2.27. The maximum Gasteiger partial charge on any atom is 0.293 e. The third kappa shape index (κ3) is 4.94. The highest BCUT2D eigenvalue weighted by Gasteiger charge is 2.35. The van der Waals surface area contributed by atoms with Crippen LogP contribution in [0.15, 0.2) is 89.8 Å². The lowest BCUT2D eigenvalue weighted by atomic mass is 10.1. The molecule has 1 heterocycles. The van der Waals surface area contributed by atoms with Gasteiger partial charge in [-0.15, -0.1) is 0 Å². The molecule has 2 amide bonds. The molecule has 7 heteroatoms. The van der Waals surface area contributed by atoms with Gasteiger partial charge < -0.3 is 4.74 Å². The number of hydrogen-bond acceptors (Lipinski definition) is 4. The van der Waals surface area contributed by atoms with Crippen LogP contribution in [-0.2, 0) is 17.9 Å². The Balaban J connectivity index is 1.36.